The Morgan fingerprint density at radius 1 is 1.52 bits per heavy atom. The first-order chi connectivity index (χ1) is 11.2. The molecular weight excluding hydrogens is 334 g/mol. The topological polar surface area (TPSA) is 103 Å². The zero-order valence-electron chi connectivity index (χ0n) is 11.8. The SMILES string of the molecule is C=C1NC(CSc2nc(Cc3cccs3)c(C#N)c(=O)[nH]2)=NO1. The summed E-state index contributed by atoms with van der Waals surface area (Å²) in [5.74, 6) is 1.39. The molecule has 3 heterocycles. The number of nitriles is 1. The molecule has 3 rings (SSSR count). The molecule has 7 nitrogen and oxygen atoms in total. The number of aromatic nitrogens is 2. The molecule has 2 aromatic heterocycles. The van der Waals surface area contributed by atoms with E-state index in [4.69, 9.17) is 4.84 Å². The highest BCUT2D eigenvalue weighted by molar-refractivity contribution is 7.99. The standard InChI is InChI=1S/C14H11N5O2S2/c1-8-16-12(19-21-8)7-23-14-17-11(5-9-3-2-4-22-9)10(6-15)13(20)18-14/h2-4H,1,5,7H2,(H,16,19)(H,17,18,20). The Kier molecular flexibility index (Phi) is 4.45. The van der Waals surface area contributed by atoms with Crippen LogP contribution in [0.2, 0.25) is 0 Å². The molecule has 0 fully saturated rings. The van der Waals surface area contributed by atoms with Gasteiger partial charge in [0.15, 0.2) is 11.0 Å². The molecule has 1 aliphatic heterocycles. The van der Waals surface area contributed by atoms with Gasteiger partial charge in [0.25, 0.3) is 5.56 Å². The summed E-state index contributed by atoms with van der Waals surface area (Å²) in [6.45, 7) is 3.59. The number of aromatic amines is 1. The van der Waals surface area contributed by atoms with Crippen molar-refractivity contribution in [3.8, 4) is 6.07 Å². The van der Waals surface area contributed by atoms with E-state index in [1.54, 1.807) is 11.3 Å². The number of oxime groups is 1. The average Bonchev–Trinajstić information content (AvgIpc) is 3.17. The van der Waals surface area contributed by atoms with Crippen LogP contribution in [0.15, 0.2) is 45.1 Å². The Labute approximate surface area is 139 Å². The summed E-state index contributed by atoms with van der Waals surface area (Å²) >= 11 is 2.85. The van der Waals surface area contributed by atoms with Gasteiger partial charge in [-0.05, 0) is 18.0 Å². The maximum Gasteiger partial charge on any atom is 0.269 e. The van der Waals surface area contributed by atoms with Crippen LogP contribution in [0, 0.1) is 11.3 Å². The van der Waals surface area contributed by atoms with Gasteiger partial charge in [0.1, 0.15) is 11.6 Å². The normalized spacial score (nSPS) is 13.2. The van der Waals surface area contributed by atoms with Crippen molar-refractivity contribution >= 4 is 28.9 Å². The zero-order valence-corrected chi connectivity index (χ0v) is 13.5. The molecule has 0 aliphatic carbocycles. The van der Waals surface area contributed by atoms with Crippen LogP contribution in [-0.4, -0.2) is 21.6 Å². The van der Waals surface area contributed by atoms with Gasteiger partial charge in [-0.2, -0.15) is 5.26 Å². The Morgan fingerprint density at radius 2 is 2.39 bits per heavy atom. The van der Waals surface area contributed by atoms with Gasteiger partial charge in [0, 0.05) is 11.3 Å². The van der Waals surface area contributed by atoms with E-state index in [-0.39, 0.29) is 5.56 Å². The first-order valence-electron chi connectivity index (χ1n) is 6.54. The summed E-state index contributed by atoms with van der Waals surface area (Å²) in [4.78, 5) is 25.0. The molecule has 0 unspecified atom stereocenters. The summed E-state index contributed by atoms with van der Waals surface area (Å²) in [5.41, 5.74) is 0.0949. The van der Waals surface area contributed by atoms with Crippen molar-refractivity contribution in [1.29, 1.82) is 5.26 Å². The van der Waals surface area contributed by atoms with Gasteiger partial charge < -0.3 is 15.1 Å². The summed E-state index contributed by atoms with van der Waals surface area (Å²) in [7, 11) is 0. The predicted octanol–water partition coefficient (Wildman–Crippen LogP) is 1.79. The molecule has 0 radical (unpaired) electrons. The molecular formula is C14H11N5O2S2. The lowest BCUT2D eigenvalue weighted by molar-refractivity contribution is 0.240. The Hall–Kier alpha value is -2.57. The third-order valence-corrected chi connectivity index (χ3v) is 4.66. The molecule has 2 N–H and O–H groups in total. The van der Waals surface area contributed by atoms with Gasteiger partial charge in [-0.1, -0.05) is 23.0 Å². The van der Waals surface area contributed by atoms with Crippen molar-refractivity contribution in [2.24, 2.45) is 5.16 Å². The molecule has 0 atom stereocenters. The Morgan fingerprint density at radius 3 is 3.04 bits per heavy atom. The first kappa shape index (κ1) is 15.3. The van der Waals surface area contributed by atoms with Crippen LogP contribution in [0.1, 0.15) is 16.1 Å². The second-order valence-corrected chi connectivity index (χ2v) is 6.52. The van der Waals surface area contributed by atoms with Gasteiger partial charge >= 0.3 is 0 Å². The van der Waals surface area contributed by atoms with E-state index in [9.17, 15) is 10.1 Å². The summed E-state index contributed by atoms with van der Waals surface area (Å²) in [6.07, 6.45) is 0.456. The zero-order chi connectivity index (χ0) is 16.2. The summed E-state index contributed by atoms with van der Waals surface area (Å²) in [5, 5.41) is 18.2. The average molecular weight is 345 g/mol. The minimum Gasteiger partial charge on any atom is -0.337 e. The van der Waals surface area contributed by atoms with Crippen molar-refractivity contribution in [2.75, 3.05) is 5.75 Å². The molecule has 23 heavy (non-hydrogen) atoms. The van der Waals surface area contributed by atoms with Crippen molar-refractivity contribution in [3.63, 3.8) is 0 Å². The number of H-pyrrole nitrogens is 1. The Bertz CT molecular complexity index is 864. The van der Waals surface area contributed by atoms with E-state index in [2.05, 4.69) is 27.0 Å². The molecule has 0 spiro atoms. The maximum absolute atomic E-state index is 12.1. The van der Waals surface area contributed by atoms with Crippen molar-refractivity contribution < 1.29 is 4.84 Å². The molecule has 2 aromatic rings. The minimum atomic E-state index is -0.432. The second kappa shape index (κ2) is 6.68. The first-order valence-corrected chi connectivity index (χ1v) is 8.40. The number of thiophene rings is 1. The van der Waals surface area contributed by atoms with Crippen molar-refractivity contribution in [1.82, 2.24) is 15.3 Å². The molecule has 0 bridgehead atoms. The van der Waals surface area contributed by atoms with Gasteiger partial charge in [0.05, 0.1) is 11.4 Å². The third kappa shape index (κ3) is 3.61. The lowest BCUT2D eigenvalue weighted by Gasteiger charge is -2.05. The number of thioether (sulfide) groups is 1. The van der Waals surface area contributed by atoms with Crippen molar-refractivity contribution in [3.05, 3.63) is 56.5 Å². The molecule has 0 saturated heterocycles. The number of rotatable bonds is 5. The smallest absolute Gasteiger partial charge is 0.269 e. The molecule has 116 valence electrons. The van der Waals surface area contributed by atoms with Crippen LogP contribution >= 0.6 is 23.1 Å². The predicted molar refractivity (Wildman–Crippen MR) is 88.2 cm³/mol. The fraction of sp³-hybridized carbons (Fsp3) is 0.143. The quantitative estimate of drug-likeness (QED) is 0.632. The van der Waals surface area contributed by atoms with Gasteiger partial charge in [-0.15, -0.1) is 11.3 Å². The van der Waals surface area contributed by atoms with Crippen LogP contribution in [0.4, 0.5) is 0 Å². The molecule has 0 amide bonds. The summed E-state index contributed by atoms with van der Waals surface area (Å²) in [6, 6.07) is 5.80. The largest absolute Gasteiger partial charge is 0.337 e. The monoisotopic (exact) mass is 345 g/mol. The number of nitrogens with zero attached hydrogens (tertiary/aromatic N) is 3. The van der Waals surface area contributed by atoms with Crippen molar-refractivity contribution in [2.45, 2.75) is 11.6 Å². The van der Waals surface area contributed by atoms with Crippen LogP contribution < -0.4 is 10.9 Å². The second-order valence-electron chi connectivity index (χ2n) is 4.53. The van der Waals surface area contributed by atoms with Crippen LogP contribution in [0.25, 0.3) is 0 Å². The van der Waals surface area contributed by atoms with E-state index in [0.717, 1.165) is 4.88 Å². The van der Waals surface area contributed by atoms with Gasteiger partial charge in [-0.25, -0.2) is 4.98 Å². The number of hydrogen-bond donors (Lipinski definition) is 2. The van der Waals surface area contributed by atoms with E-state index in [1.165, 1.54) is 11.8 Å². The maximum atomic E-state index is 12.1. The third-order valence-electron chi connectivity index (χ3n) is 2.90. The molecule has 0 aromatic carbocycles. The van der Waals surface area contributed by atoms with E-state index in [1.807, 2.05) is 23.6 Å². The number of nitrogens with one attached hydrogen (secondary N) is 2. The van der Waals surface area contributed by atoms with E-state index in [0.29, 0.717) is 34.7 Å². The molecule has 0 saturated carbocycles. The highest BCUT2D eigenvalue weighted by Gasteiger charge is 2.15. The van der Waals surface area contributed by atoms with Crippen LogP contribution in [-0.2, 0) is 11.3 Å². The minimum absolute atomic E-state index is 0.0517. The lowest BCUT2D eigenvalue weighted by Crippen LogP contribution is -2.20. The fourth-order valence-corrected chi connectivity index (χ4v) is 3.35. The van der Waals surface area contributed by atoms with Gasteiger partial charge in [-0.3, -0.25) is 4.79 Å². The molecule has 1 aliphatic rings. The number of hydrogen-bond acceptors (Lipinski definition) is 8. The Balaban J connectivity index is 1.81. The summed E-state index contributed by atoms with van der Waals surface area (Å²) < 4.78 is 0. The van der Waals surface area contributed by atoms with E-state index >= 15 is 0 Å². The highest BCUT2D eigenvalue weighted by atomic mass is 32.2. The van der Waals surface area contributed by atoms with Gasteiger partial charge in [0.2, 0.25) is 5.88 Å². The lowest BCUT2D eigenvalue weighted by atomic mass is 10.2. The molecule has 9 heteroatoms. The fourth-order valence-electron chi connectivity index (χ4n) is 1.90. The van der Waals surface area contributed by atoms with Crippen LogP contribution in [0.3, 0.4) is 0 Å². The van der Waals surface area contributed by atoms with E-state index < -0.39 is 5.56 Å². The highest BCUT2D eigenvalue weighted by Crippen LogP contribution is 2.18. The van der Waals surface area contributed by atoms with Crippen LogP contribution in [0.5, 0.6) is 0 Å². The number of amidine groups is 1.